The summed E-state index contributed by atoms with van der Waals surface area (Å²) in [5.74, 6) is 1.15. The molecule has 1 amide bonds. The molecule has 5 heteroatoms. The first-order valence-electron chi connectivity index (χ1n) is 7.84. The zero-order chi connectivity index (χ0) is 17.4. The number of hydrogen-bond acceptors (Lipinski definition) is 3. The fourth-order valence-electron chi connectivity index (χ4n) is 2.35. The number of carbonyl (C=O) groups is 1. The average Bonchev–Trinajstić information content (AvgIpc) is 2.61. The van der Waals surface area contributed by atoms with Crippen LogP contribution in [-0.4, -0.2) is 26.7 Å². The zero-order valence-electron chi connectivity index (χ0n) is 14.0. The summed E-state index contributed by atoms with van der Waals surface area (Å²) >= 11 is 0. The summed E-state index contributed by atoms with van der Waals surface area (Å²) in [6.45, 7) is 0.534. The van der Waals surface area contributed by atoms with Gasteiger partial charge in [0.1, 0.15) is 17.3 Å². The van der Waals surface area contributed by atoms with E-state index in [0.717, 1.165) is 11.1 Å². The number of methoxy groups -OCH3 is 2. The van der Waals surface area contributed by atoms with Crippen molar-refractivity contribution >= 4 is 5.91 Å². The van der Waals surface area contributed by atoms with Gasteiger partial charge in [-0.2, -0.15) is 0 Å². The summed E-state index contributed by atoms with van der Waals surface area (Å²) in [4.78, 5) is 11.9. The lowest BCUT2D eigenvalue weighted by molar-refractivity contribution is -0.121. The Hall–Kier alpha value is -2.56. The van der Waals surface area contributed by atoms with Gasteiger partial charge in [0.05, 0.1) is 14.2 Å². The molecule has 0 aliphatic rings. The minimum Gasteiger partial charge on any atom is -0.497 e. The summed E-state index contributed by atoms with van der Waals surface area (Å²) in [5.41, 5.74) is 1.98. The van der Waals surface area contributed by atoms with Gasteiger partial charge < -0.3 is 14.8 Å². The van der Waals surface area contributed by atoms with Gasteiger partial charge in [-0.25, -0.2) is 4.39 Å². The Labute approximate surface area is 141 Å². The summed E-state index contributed by atoms with van der Waals surface area (Å²) in [6.07, 6.45) is 1.68. The van der Waals surface area contributed by atoms with Crippen molar-refractivity contribution in [1.29, 1.82) is 0 Å². The van der Waals surface area contributed by atoms with Gasteiger partial charge in [-0.1, -0.05) is 12.1 Å². The predicted octanol–water partition coefficient (Wildman–Crippen LogP) is 3.13. The van der Waals surface area contributed by atoms with Gasteiger partial charge in [-0.05, 0) is 48.2 Å². The van der Waals surface area contributed by atoms with Gasteiger partial charge in [-0.15, -0.1) is 0 Å². The molecule has 4 nitrogen and oxygen atoms in total. The Morgan fingerprint density at radius 1 is 0.958 bits per heavy atom. The quantitative estimate of drug-likeness (QED) is 0.808. The number of halogens is 1. The van der Waals surface area contributed by atoms with Crippen LogP contribution < -0.4 is 14.8 Å². The van der Waals surface area contributed by atoms with Crippen LogP contribution >= 0.6 is 0 Å². The number of ether oxygens (including phenoxy) is 2. The molecule has 24 heavy (non-hydrogen) atoms. The van der Waals surface area contributed by atoms with Gasteiger partial charge in [0.25, 0.3) is 0 Å². The molecule has 1 N–H and O–H groups in total. The molecular formula is C19H22FNO3. The molecule has 2 aromatic carbocycles. The van der Waals surface area contributed by atoms with Crippen LogP contribution in [0.15, 0.2) is 42.5 Å². The maximum absolute atomic E-state index is 12.8. The van der Waals surface area contributed by atoms with Crippen molar-refractivity contribution in [2.75, 3.05) is 20.8 Å². The van der Waals surface area contributed by atoms with Gasteiger partial charge in [0.2, 0.25) is 5.91 Å². The van der Waals surface area contributed by atoms with Gasteiger partial charge in [0, 0.05) is 19.0 Å². The highest BCUT2D eigenvalue weighted by Crippen LogP contribution is 2.23. The van der Waals surface area contributed by atoms with E-state index in [4.69, 9.17) is 9.47 Å². The van der Waals surface area contributed by atoms with E-state index in [0.29, 0.717) is 37.3 Å². The normalized spacial score (nSPS) is 10.3. The van der Waals surface area contributed by atoms with E-state index in [1.54, 1.807) is 32.4 Å². The molecule has 0 aliphatic heterocycles. The molecule has 128 valence electrons. The Bertz CT molecular complexity index is 649. The lowest BCUT2D eigenvalue weighted by Gasteiger charge is -2.09. The van der Waals surface area contributed by atoms with Crippen LogP contribution in [0, 0.1) is 5.82 Å². The van der Waals surface area contributed by atoms with Crippen molar-refractivity contribution in [1.82, 2.24) is 5.32 Å². The molecular weight excluding hydrogens is 309 g/mol. The minimum absolute atomic E-state index is 0.0149. The van der Waals surface area contributed by atoms with E-state index in [1.807, 2.05) is 12.1 Å². The van der Waals surface area contributed by atoms with Crippen LogP contribution in [0.3, 0.4) is 0 Å². The molecule has 0 heterocycles. The Morgan fingerprint density at radius 3 is 2.17 bits per heavy atom. The monoisotopic (exact) mass is 331 g/mol. The third-order valence-electron chi connectivity index (χ3n) is 3.70. The summed E-state index contributed by atoms with van der Waals surface area (Å²) in [5, 5.41) is 2.88. The molecule has 2 rings (SSSR count). The van der Waals surface area contributed by atoms with Gasteiger partial charge in [-0.3, -0.25) is 4.79 Å². The van der Waals surface area contributed by atoms with Crippen LogP contribution in [0.5, 0.6) is 11.5 Å². The van der Waals surface area contributed by atoms with Crippen molar-refractivity contribution in [3.8, 4) is 11.5 Å². The molecule has 0 bridgehead atoms. The summed E-state index contributed by atoms with van der Waals surface area (Å²) < 4.78 is 23.3. The minimum atomic E-state index is -0.253. The molecule has 0 saturated heterocycles. The summed E-state index contributed by atoms with van der Waals surface area (Å²) in [6, 6.07) is 11.9. The van der Waals surface area contributed by atoms with Crippen LogP contribution in [0.2, 0.25) is 0 Å². The number of carbonyl (C=O) groups excluding carboxylic acids is 1. The first kappa shape index (κ1) is 17.8. The van der Waals surface area contributed by atoms with Crippen molar-refractivity contribution in [3.05, 3.63) is 59.4 Å². The summed E-state index contributed by atoms with van der Waals surface area (Å²) in [7, 11) is 3.20. The fraction of sp³-hybridized carbons (Fsp3) is 0.316. The number of benzene rings is 2. The largest absolute Gasteiger partial charge is 0.497 e. The van der Waals surface area contributed by atoms with Crippen LogP contribution in [0.25, 0.3) is 0 Å². The lowest BCUT2D eigenvalue weighted by atomic mass is 10.1. The van der Waals surface area contributed by atoms with E-state index >= 15 is 0 Å². The second kappa shape index (κ2) is 8.91. The van der Waals surface area contributed by atoms with Crippen LogP contribution in [-0.2, 0) is 17.6 Å². The third-order valence-corrected chi connectivity index (χ3v) is 3.70. The van der Waals surface area contributed by atoms with E-state index in [2.05, 4.69) is 5.32 Å². The van der Waals surface area contributed by atoms with Crippen LogP contribution in [0.1, 0.15) is 17.5 Å². The number of hydrogen-bond donors (Lipinski definition) is 1. The molecule has 0 unspecified atom stereocenters. The maximum Gasteiger partial charge on any atom is 0.220 e. The highest BCUT2D eigenvalue weighted by Gasteiger charge is 2.06. The van der Waals surface area contributed by atoms with Crippen molar-refractivity contribution in [2.45, 2.75) is 19.3 Å². The number of nitrogens with one attached hydrogen (secondary N) is 1. The van der Waals surface area contributed by atoms with E-state index < -0.39 is 0 Å². The molecule has 2 aromatic rings. The lowest BCUT2D eigenvalue weighted by Crippen LogP contribution is -2.25. The maximum atomic E-state index is 12.8. The SMILES string of the molecule is COc1cc(CCC(=O)NCCc2ccc(F)cc2)cc(OC)c1. The van der Waals surface area contributed by atoms with Crippen molar-refractivity contribution < 1.29 is 18.7 Å². The van der Waals surface area contributed by atoms with Crippen LogP contribution in [0.4, 0.5) is 4.39 Å². The smallest absolute Gasteiger partial charge is 0.220 e. The molecule has 0 aliphatic carbocycles. The van der Waals surface area contributed by atoms with Gasteiger partial charge in [0.15, 0.2) is 0 Å². The highest BCUT2D eigenvalue weighted by atomic mass is 19.1. The van der Waals surface area contributed by atoms with Crippen molar-refractivity contribution in [3.63, 3.8) is 0 Å². The second-order valence-corrected chi connectivity index (χ2v) is 5.45. The molecule has 0 saturated carbocycles. The topological polar surface area (TPSA) is 47.6 Å². The van der Waals surface area contributed by atoms with E-state index in [1.165, 1.54) is 12.1 Å². The second-order valence-electron chi connectivity index (χ2n) is 5.45. The molecule has 0 fully saturated rings. The first-order chi connectivity index (χ1) is 11.6. The Kier molecular flexibility index (Phi) is 6.61. The Balaban J connectivity index is 1.77. The number of aryl methyl sites for hydroxylation is 1. The molecule has 0 aromatic heterocycles. The molecule has 0 atom stereocenters. The third kappa shape index (κ3) is 5.57. The predicted molar refractivity (Wildman–Crippen MR) is 91.0 cm³/mol. The molecule has 0 spiro atoms. The number of rotatable bonds is 8. The average molecular weight is 331 g/mol. The van der Waals surface area contributed by atoms with Crippen molar-refractivity contribution in [2.24, 2.45) is 0 Å². The fourth-order valence-corrected chi connectivity index (χ4v) is 2.35. The number of amides is 1. The standard InChI is InChI=1S/C19H22FNO3/c1-23-17-11-15(12-18(13-17)24-2)5-8-19(22)21-10-9-14-3-6-16(20)7-4-14/h3-4,6-7,11-13H,5,8-10H2,1-2H3,(H,21,22). The van der Waals surface area contributed by atoms with E-state index in [-0.39, 0.29) is 11.7 Å². The van der Waals surface area contributed by atoms with E-state index in [9.17, 15) is 9.18 Å². The van der Waals surface area contributed by atoms with Gasteiger partial charge >= 0.3 is 0 Å². The highest BCUT2D eigenvalue weighted by molar-refractivity contribution is 5.76. The Morgan fingerprint density at radius 2 is 1.58 bits per heavy atom. The first-order valence-corrected chi connectivity index (χ1v) is 7.84. The zero-order valence-corrected chi connectivity index (χ0v) is 14.0. The molecule has 0 radical (unpaired) electrons.